The Morgan fingerprint density at radius 2 is 2.29 bits per heavy atom. The van der Waals surface area contributed by atoms with Gasteiger partial charge in [0.25, 0.3) is 0 Å². The van der Waals surface area contributed by atoms with Crippen LogP contribution in [0.2, 0.25) is 0 Å². The van der Waals surface area contributed by atoms with Crippen LogP contribution in [0.15, 0.2) is 24.3 Å². The lowest BCUT2D eigenvalue weighted by Crippen LogP contribution is -2.46. The van der Waals surface area contributed by atoms with Crippen molar-refractivity contribution in [2.45, 2.75) is 18.9 Å². The average molecular weight is 293 g/mol. The predicted molar refractivity (Wildman–Crippen MR) is 74.8 cm³/mol. The van der Waals surface area contributed by atoms with Crippen molar-refractivity contribution >= 4 is 11.9 Å². The summed E-state index contributed by atoms with van der Waals surface area (Å²) in [5.41, 5.74) is 0.760. The number of methoxy groups -OCH3 is 1. The van der Waals surface area contributed by atoms with Crippen LogP contribution in [-0.4, -0.2) is 54.8 Å². The molecule has 0 saturated carbocycles. The number of hydrogen-bond donors (Lipinski definition) is 1. The van der Waals surface area contributed by atoms with E-state index >= 15 is 0 Å². The van der Waals surface area contributed by atoms with Crippen molar-refractivity contribution in [3.05, 3.63) is 29.8 Å². The maximum Gasteiger partial charge on any atom is 0.308 e. The van der Waals surface area contributed by atoms with E-state index in [4.69, 9.17) is 4.74 Å². The Hall–Kier alpha value is -2.08. The van der Waals surface area contributed by atoms with E-state index in [0.29, 0.717) is 19.7 Å². The first kappa shape index (κ1) is 15.3. The van der Waals surface area contributed by atoms with Crippen LogP contribution in [0, 0.1) is 0 Å². The molecule has 6 nitrogen and oxygen atoms in total. The predicted octanol–water partition coefficient (Wildman–Crippen LogP) is 0.725. The molecule has 1 N–H and O–H groups in total. The number of morpholine rings is 1. The van der Waals surface area contributed by atoms with E-state index in [9.17, 15) is 14.7 Å². The summed E-state index contributed by atoms with van der Waals surface area (Å²) in [7, 11) is 1.33. The van der Waals surface area contributed by atoms with Gasteiger partial charge in [0.1, 0.15) is 5.75 Å². The van der Waals surface area contributed by atoms with Crippen LogP contribution in [0.1, 0.15) is 12.0 Å². The molecule has 1 aromatic rings. The molecule has 0 bridgehead atoms. The van der Waals surface area contributed by atoms with Gasteiger partial charge in [-0.3, -0.25) is 9.59 Å². The summed E-state index contributed by atoms with van der Waals surface area (Å²) < 4.78 is 10.1. The first-order chi connectivity index (χ1) is 10.1. The number of hydrogen-bond acceptors (Lipinski definition) is 5. The van der Waals surface area contributed by atoms with Crippen molar-refractivity contribution in [3.8, 4) is 5.75 Å². The Morgan fingerprint density at radius 3 is 3.00 bits per heavy atom. The molecule has 1 aliphatic rings. The average Bonchev–Trinajstić information content (AvgIpc) is 2.47. The summed E-state index contributed by atoms with van der Waals surface area (Å²) in [5.74, 6) is -0.244. The highest BCUT2D eigenvalue weighted by Crippen LogP contribution is 2.14. The number of carbonyl (C=O) groups is 2. The van der Waals surface area contributed by atoms with Crippen LogP contribution in [0.3, 0.4) is 0 Å². The number of ether oxygens (including phenoxy) is 2. The summed E-state index contributed by atoms with van der Waals surface area (Å²) >= 11 is 0. The van der Waals surface area contributed by atoms with Crippen LogP contribution in [0.4, 0.5) is 0 Å². The molecule has 1 fully saturated rings. The first-order valence-corrected chi connectivity index (χ1v) is 6.82. The molecule has 1 aliphatic heterocycles. The summed E-state index contributed by atoms with van der Waals surface area (Å²) in [6.07, 6.45) is 0.0467. The molecule has 114 valence electrons. The summed E-state index contributed by atoms with van der Waals surface area (Å²) in [6, 6.07) is 6.64. The minimum atomic E-state index is -0.345. The highest BCUT2D eigenvalue weighted by molar-refractivity contribution is 5.79. The summed E-state index contributed by atoms with van der Waals surface area (Å²) in [4.78, 5) is 25.2. The Bertz CT molecular complexity index is 517. The maximum absolute atomic E-state index is 12.3. The van der Waals surface area contributed by atoms with Gasteiger partial charge >= 0.3 is 5.97 Å². The zero-order valence-electron chi connectivity index (χ0n) is 11.9. The molecule has 0 aromatic heterocycles. The minimum Gasteiger partial charge on any atom is -0.508 e. The number of rotatable bonds is 4. The third-order valence-electron chi connectivity index (χ3n) is 3.38. The second-order valence-corrected chi connectivity index (χ2v) is 4.96. The molecule has 0 radical (unpaired) electrons. The molecular formula is C15H19NO5. The molecule has 2 rings (SSSR count). The second kappa shape index (κ2) is 7.08. The maximum atomic E-state index is 12.3. The van der Waals surface area contributed by atoms with E-state index in [1.54, 1.807) is 29.2 Å². The monoisotopic (exact) mass is 293 g/mol. The fourth-order valence-electron chi connectivity index (χ4n) is 2.29. The Labute approximate surface area is 123 Å². The second-order valence-electron chi connectivity index (χ2n) is 4.96. The van der Waals surface area contributed by atoms with Crippen molar-refractivity contribution in [1.82, 2.24) is 4.90 Å². The number of amides is 1. The van der Waals surface area contributed by atoms with E-state index in [-0.39, 0.29) is 36.6 Å². The van der Waals surface area contributed by atoms with Gasteiger partial charge in [-0.25, -0.2) is 0 Å². The zero-order valence-corrected chi connectivity index (χ0v) is 11.9. The molecule has 6 heteroatoms. The normalized spacial score (nSPS) is 18.3. The molecule has 1 aromatic carbocycles. The quantitative estimate of drug-likeness (QED) is 0.828. The third kappa shape index (κ3) is 4.46. The third-order valence-corrected chi connectivity index (χ3v) is 3.38. The SMILES string of the molecule is COC(=O)CC1CN(C(=O)Cc2cccc(O)c2)CCO1. The first-order valence-electron chi connectivity index (χ1n) is 6.82. The topological polar surface area (TPSA) is 76.1 Å². The Balaban J connectivity index is 1.91. The molecule has 1 amide bonds. The summed E-state index contributed by atoms with van der Waals surface area (Å²) in [5, 5.41) is 9.41. The van der Waals surface area contributed by atoms with Gasteiger partial charge in [0.15, 0.2) is 0 Å². The highest BCUT2D eigenvalue weighted by Gasteiger charge is 2.26. The van der Waals surface area contributed by atoms with E-state index in [0.717, 1.165) is 5.56 Å². The van der Waals surface area contributed by atoms with Crippen molar-refractivity contribution in [2.75, 3.05) is 26.8 Å². The van der Waals surface area contributed by atoms with Gasteiger partial charge in [-0.1, -0.05) is 12.1 Å². The molecule has 1 heterocycles. The van der Waals surface area contributed by atoms with Gasteiger partial charge in [-0.05, 0) is 17.7 Å². The lowest BCUT2D eigenvalue weighted by molar-refractivity contribution is -0.149. The number of phenolic OH excluding ortho intramolecular Hbond substituents is 1. The van der Waals surface area contributed by atoms with Gasteiger partial charge < -0.3 is 19.5 Å². The summed E-state index contributed by atoms with van der Waals surface area (Å²) in [6.45, 7) is 1.30. The van der Waals surface area contributed by atoms with E-state index in [1.807, 2.05) is 0 Å². The van der Waals surface area contributed by atoms with Crippen LogP contribution in [-0.2, 0) is 25.5 Å². The van der Waals surface area contributed by atoms with E-state index in [2.05, 4.69) is 4.74 Å². The van der Waals surface area contributed by atoms with Gasteiger partial charge in [-0.2, -0.15) is 0 Å². The van der Waals surface area contributed by atoms with Crippen molar-refractivity contribution in [3.63, 3.8) is 0 Å². The van der Waals surface area contributed by atoms with Crippen LogP contribution < -0.4 is 0 Å². The standard InChI is InChI=1S/C15H19NO5/c1-20-15(19)9-13-10-16(5-6-21-13)14(18)8-11-3-2-4-12(17)7-11/h2-4,7,13,17H,5-6,8-10H2,1H3. The number of esters is 1. The van der Waals surface area contributed by atoms with E-state index in [1.165, 1.54) is 7.11 Å². The molecule has 1 atom stereocenters. The Kier molecular flexibility index (Phi) is 5.16. The number of carbonyl (C=O) groups excluding carboxylic acids is 2. The Morgan fingerprint density at radius 1 is 1.48 bits per heavy atom. The number of benzene rings is 1. The number of aromatic hydroxyl groups is 1. The number of nitrogens with zero attached hydrogens (tertiary/aromatic N) is 1. The van der Waals surface area contributed by atoms with Gasteiger partial charge in [0.2, 0.25) is 5.91 Å². The molecular weight excluding hydrogens is 274 g/mol. The van der Waals surface area contributed by atoms with Gasteiger partial charge in [0, 0.05) is 13.1 Å². The van der Waals surface area contributed by atoms with Gasteiger partial charge in [-0.15, -0.1) is 0 Å². The molecule has 1 saturated heterocycles. The van der Waals surface area contributed by atoms with Crippen molar-refractivity contribution < 1.29 is 24.2 Å². The van der Waals surface area contributed by atoms with Gasteiger partial charge in [0.05, 0.1) is 32.7 Å². The van der Waals surface area contributed by atoms with E-state index < -0.39 is 0 Å². The lowest BCUT2D eigenvalue weighted by Gasteiger charge is -2.32. The lowest BCUT2D eigenvalue weighted by atomic mass is 10.1. The zero-order chi connectivity index (χ0) is 15.2. The van der Waals surface area contributed by atoms with Crippen molar-refractivity contribution in [1.29, 1.82) is 0 Å². The largest absolute Gasteiger partial charge is 0.508 e. The van der Waals surface area contributed by atoms with Crippen LogP contribution >= 0.6 is 0 Å². The van der Waals surface area contributed by atoms with Crippen LogP contribution in [0.25, 0.3) is 0 Å². The fourth-order valence-corrected chi connectivity index (χ4v) is 2.29. The smallest absolute Gasteiger partial charge is 0.308 e. The molecule has 0 spiro atoms. The fraction of sp³-hybridized carbons (Fsp3) is 0.467. The molecule has 1 unspecified atom stereocenters. The number of phenols is 1. The minimum absolute atomic E-state index is 0.0428. The molecule has 0 aliphatic carbocycles. The van der Waals surface area contributed by atoms with Crippen molar-refractivity contribution in [2.24, 2.45) is 0 Å². The highest BCUT2D eigenvalue weighted by atomic mass is 16.5. The van der Waals surface area contributed by atoms with Crippen LogP contribution in [0.5, 0.6) is 5.75 Å². The molecule has 21 heavy (non-hydrogen) atoms.